The number of nitrogen functional groups attached to an aromatic ring is 1. The summed E-state index contributed by atoms with van der Waals surface area (Å²) in [6, 6.07) is 12.6. The summed E-state index contributed by atoms with van der Waals surface area (Å²) < 4.78 is 11.1. The first-order valence-corrected chi connectivity index (χ1v) is 12.0. The van der Waals surface area contributed by atoms with Gasteiger partial charge in [-0.1, -0.05) is 29.5 Å². The lowest BCUT2D eigenvalue weighted by molar-refractivity contribution is 0.244. The van der Waals surface area contributed by atoms with Crippen molar-refractivity contribution in [1.29, 1.82) is 0 Å². The number of nitrogens with two attached hydrogens (primary N) is 1. The van der Waals surface area contributed by atoms with Crippen molar-refractivity contribution in [3.8, 4) is 26.9 Å². The zero-order valence-corrected chi connectivity index (χ0v) is 19.6. The average molecular weight is 462 g/mol. The number of fused-ring (bicyclic) bond motifs is 1. The molecule has 1 aliphatic rings. The molecule has 0 aliphatic heterocycles. The molecule has 1 atom stereocenters. The molecule has 8 heteroatoms. The largest absolute Gasteiger partial charge is 0.489 e. The Balaban J connectivity index is 1.40. The van der Waals surface area contributed by atoms with Crippen LogP contribution in [0.5, 0.6) is 5.75 Å². The van der Waals surface area contributed by atoms with Crippen LogP contribution in [-0.2, 0) is 13.0 Å². The van der Waals surface area contributed by atoms with Crippen molar-refractivity contribution in [2.75, 3.05) is 5.73 Å². The summed E-state index contributed by atoms with van der Waals surface area (Å²) in [6.07, 6.45) is 6.55. The van der Waals surface area contributed by atoms with Gasteiger partial charge < -0.3 is 20.2 Å². The van der Waals surface area contributed by atoms with Gasteiger partial charge in [-0.3, -0.25) is 0 Å². The van der Waals surface area contributed by atoms with Gasteiger partial charge in [0, 0.05) is 17.2 Å². The molecule has 2 aromatic carbocycles. The lowest BCUT2D eigenvalue weighted by atomic mass is 9.85. The molecular weight excluding hydrogens is 434 g/mol. The van der Waals surface area contributed by atoms with E-state index in [0.29, 0.717) is 18.0 Å². The van der Waals surface area contributed by atoms with E-state index in [2.05, 4.69) is 38.7 Å². The smallest absolute Gasteiger partial charge is 0.180 e. The van der Waals surface area contributed by atoms with Gasteiger partial charge in [-0.15, -0.1) is 10.2 Å². The zero-order chi connectivity index (χ0) is 22.8. The maximum Gasteiger partial charge on any atom is 0.180 e. The van der Waals surface area contributed by atoms with Crippen molar-refractivity contribution >= 4 is 17.0 Å². The van der Waals surface area contributed by atoms with Crippen LogP contribution in [0.15, 0.2) is 53.4 Å². The predicted molar refractivity (Wildman–Crippen MR) is 130 cm³/mol. The van der Waals surface area contributed by atoms with Crippen LogP contribution in [0.25, 0.3) is 21.1 Å². The molecule has 33 heavy (non-hydrogen) atoms. The molecule has 0 spiro atoms. The van der Waals surface area contributed by atoms with Gasteiger partial charge in [0.25, 0.3) is 0 Å². The van der Waals surface area contributed by atoms with Gasteiger partial charge in [-0.05, 0) is 62.4 Å². The van der Waals surface area contributed by atoms with Crippen LogP contribution in [-0.4, -0.2) is 21.3 Å². The molecule has 0 saturated heterocycles. The van der Waals surface area contributed by atoms with Crippen molar-refractivity contribution in [2.24, 2.45) is 0 Å². The third kappa shape index (κ3) is 4.62. The Morgan fingerprint density at radius 1 is 1.21 bits per heavy atom. The molecule has 0 bridgehead atoms. The van der Waals surface area contributed by atoms with E-state index in [1.54, 1.807) is 17.5 Å². The fraction of sp³-hybridized carbons (Fsp3) is 0.320. The Morgan fingerprint density at radius 3 is 2.88 bits per heavy atom. The zero-order valence-electron chi connectivity index (χ0n) is 18.7. The SMILES string of the molecule is CC(C)Oc1ccc(-c2nnc(-c3cccc4c3CCC[C@H]4NCc3cnco3)s2)cc1N. The number of oxazole rings is 1. The molecule has 0 radical (unpaired) electrons. The molecule has 2 heterocycles. The van der Waals surface area contributed by atoms with Crippen LogP contribution < -0.4 is 15.8 Å². The maximum absolute atomic E-state index is 6.21. The summed E-state index contributed by atoms with van der Waals surface area (Å²) in [5.41, 5.74) is 11.6. The minimum Gasteiger partial charge on any atom is -0.489 e. The molecule has 0 amide bonds. The number of anilines is 1. The second-order valence-corrected chi connectivity index (χ2v) is 9.48. The molecule has 0 unspecified atom stereocenters. The van der Waals surface area contributed by atoms with Gasteiger partial charge >= 0.3 is 0 Å². The Hall–Kier alpha value is -3.23. The normalized spacial score (nSPS) is 15.5. The highest BCUT2D eigenvalue weighted by molar-refractivity contribution is 7.17. The first-order valence-electron chi connectivity index (χ1n) is 11.2. The summed E-state index contributed by atoms with van der Waals surface area (Å²) in [5, 5.41) is 14.4. The number of nitrogens with one attached hydrogen (secondary N) is 1. The second-order valence-electron chi connectivity index (χ2n) is 8.50. The van der Waals surface area contributed by atoms with E-state index in [1.807, 2.05) is 32.0 Å². The highest BCUT2D eigenvalue weighted by Crippen LogP contribution is 2.39. The van der Waals surface area contributed by atoms with Crippen LogP contribution in [0, 0.1) is 0 Å². The monoisotopic (exact) mass is 461 g/mol. The number of hydrogen-bond acceptors (Lipinski definition) is 8. The highest BCUT2D eigenvalue weighted by atomic mass is 32.1. The third-order valence-corrected chi connectivity index (χ3v) is 6.79. The predicted octanol–water partition coefficient (Wildman–Crippen LogP) is 5.40. The molecular formula is C25H27N5O2S. The number of nitrogens with zero attached hydrogens (tertiary/aromatic N) is 3. The molecule has 4 aromatic rings. The van der Waals surface area contributed by atoms with E-state index in [4.69, 9.17) is 14.9 Å². The molecule has 1 aliphatic carbocycles. The molecule has 2 aromatic heterocycles. The van der Waals surface area contributed by atoms with E-state index in [-0.39, 0.29) is 12.1 Å². The van der Waals surface area contributed by atoms with Gasteiger partial charge in [-0.25, -0.2) is 4.98 Å². The first-order chi connectivity index (χ1) is 16.1. The van der Waals surface area contributed by atoms with Crippen molar-refractivity contribution in [3.05, 3.63) is 65.9 Å². The van der Waals surface area contributed by atoms with E-state index in [1.165, 1.54) is 17.5 Å². The van der Waals surface area contributed by atoms with Crippen molar-refractivity contribution in [2.45, 2.75) is 51.8 Å². The Labute approximate surface area is 197 Å². The fourth-order valence-corrected chi connectivity index (χ4v) is 5.20. The van der Waals surface area contributed by atoms with E-state index in [9.17, 15) is 0 Å². The summed E-state index contributed by atoms with van der Waals surface area (Å²) in [5.74, 6) is 1.54. The van der Waals surface area contributed by atoms with E-state index >= 15 is 0 Å². The van der Waals surface area contributed by atoms with Gasteiger partial charge in [0.15, 0.2) is 6.39 Å². The topological polar surface area (TPSA) is 99.1 Å². The maximum atomic E-state index is 6.21. The Morgan fingerprint density at radius 2 is 2.09 bits per heavy atom. The lowest BCUT2D eigenvalue weighted by Gasteiger charge is -2.27. The summed E-state index contributed by atoms with van der Waals surface area (Å²) in [7, 11) is 0. The number of benzene rings is 2. The van der Waals surface area contributed by atoms with Crippen molar-refractivity contribution in [3.63, 3.8) is 0 Å². The summed E-state index contributed by atoms with van der Waals surface area (Å²) in [6.45, 7) is 4.63. The van der Waals surface area contributed by atoms with Crippen LogP contribution in [0.4, 0.5) is 5.69 Å². The number of rotatable bonds is 7. The Kier molecular flexibility index (Phi) is 6.11. The van der Waals surface area contributed by atoms with Crippen LogP contribution in [0.1, 0.15) is 49.6 Å². The molecule has 170 valence electrons. The molecule has 3 N–H and O–H groups in total. The quantitative estimate of drug-likeness (QED) is 0.356. The van der Waals surface area contributed by atoms with Crippen LogP contribution in [0.2, 0.25) is 0 Å². The average Bonchev–Trinajstić information content (AvgIpc) is 3.51. The molecule has 0 fully saturated rings. The fourth-order valence-electron chi connectivity index (χ4n) is 4.31. The minimum absolute atomic E-state index is 0.0737. The van der Waals surface area contributed by atoms with Gasteiger partial charge in [0.2, 0.25) is 0 Å². The number of aromatic nitrogens is 3. The highest BCUT2D eigenvalue weighted by Gasteiger charge is 2.24. The molecule has 5 rings (SSSR count). The molecule has 0 saturated carbocycles. The first kappa shape index (κ1) is 21.6. The molecule has 7 nitrogen and oxygen atoms in total. The number of hydrogen-bond donors (Lipinski definition) is 2. The van der Waals surface area contributed by atoms with Crippen molar-refractivity contribution < 1.29 is 9.15 Å². The minimum atomic E-state index is 0.0737. The van der Waals surface area contributed by atoms with Crippen LogP contribution in [0.3, 0.4) is 0 Å². The van der Waals surface area contributed by atoms with Crippen molar-refractivity contribution in [1.82, 2.24) is 20.5 Å². The van der Waals surface area contributed by atoms with Gasteiger partial charge in [0.1, 0.15) is 21.5 Å². The van der Waals surface area contributed by atoms with E-state index < -0.39 is 0 Å². The van der Waals surface area contributed by atoms with E-state index in [0.717, 1.165) is 46.2 Å². The second kappa shape index (κ2) is 9.33. The van der Waals surface area contributed by atoms with Crippen LogP contribution >= 0.6 is 11.3 Å². The van der Waals surface area contributed by atoms with Gasteiger partial charge in [-0.2, -0.15) is 0 Å². The lowest BCUT2D eigenvalue weighted by Crippen LogP contribution is -2.25. The standard InChI is InChI=1S/C25H27N5O2S/c1-15(2)32-23-10-9-16(11-21(23)26)24-29-30-25(33-24)20-7-3-6-19-18(20)5-4-8-22(19)28-13-17-12-27-14-31-17/h3,6-7,9-12,14-15,22,28H,4-5,8,13,26H2,1-2H3/t22-/m1/s1. The number of ether oxygens (including phenoxy) is 1. The third-order valence-electron chi connectivity index (χ3n) is 5.79. The summed E-state index contributed by atoms with van der Waals surface area (Å²) in [4.78, 5) is 4.00. The Bertz CT molecular complexity index is 1240. The summed E-state index contributed by atoms with van der Waals surface area (Å²) >= 11 is 1.59. The van der Waals surface area contributed by atoms with Gasteiger partial charge in [0.05, 0.1) is 24.5 Å².